The third-order valence-corrected chi connectivity index (χ3v) is 7.40. The lowest BCUT2D eigenvalue weighted by atomic mass is 10.1. The quantitative estimate of drug-likeness (QED) is 0.0584. The van der Waals surface area contributed by atoms with Crippen molar-refractivity contribution in [1.29, 1.82) is 0 Å². The van der Waals surface area contributed by atoms with Crippen LogP contribution in [0.2, 0.25) is 0 Å². The van der Waals surface area contributed by atoms with Crippen molar-refractivity contribution < 1.29 is 24.5 Å². The second-order valence-corrected chi connectivity index (χ2v) is 11.9. The van der Waals surface area contributed by atoms with E-state index in [2.05, 4.69) is 50.3 Å². The Balaban J connectivity index is -0.000000680. The first-order valence-electron chi connectivity index (χ1n) is 18.9. The number of rotatable bonds is 31. The van der Waals surface area contributed by atoms with Gasteiger partial charge in [-0.05, 0) is 84.5 Å². The standard InChI is InChI=1S/C18H34O2.C18H32O2.C4H10O/c2*1-2-3-4-5-6-7-8-9-10-11-12-13-14-15-16-17-18(19)20;1-3-5-4-2/h9-10H,2-8,11-17H2,1H3,(H,19,20);6-7,9-10H,2-5,8,11-17H2,1H3,(H,19,20);3-4H2,1-2H3/b10-9-;7-6-,10-9-;. The van der Waals surface area contributed by atoms with E-state index in [9.17, 15) is 9.59 Å². The van der Waals surface area contributed by atoms with Crippen LogP contribution < -0.4 is 0 Å². The molecule has 0 aromatic rings. The van der Waals surface area contributed by atoms with Gasteiger partial charge in [0.15, 0.2) is 0 Å². The maximum absolute atomic E-state index is 10.3. The Hall–Kier alpha value is -1.88. The summed E-state index contributed by atoms with van der Waals surface area (Å²) in [5, 5.41) is 17.0. The maximum atomic E-state index is 10.3. The summed E-state index contributed by atoms with van der Waals surface area (Å²) in [6.07, 6.45) is 43.5. The van der Waals surface area contributed by atoms with Gasteiger partial charge in [-0.1, -0.05) is 134 Å². The molecule has 0 saturated heterocycles. The van der Waals surface area contributed by atoms with E-state index in [-0.39, 0.29) is 0 Å². The summed E-state index contributed by atoms with van der Waals surface area (Å²) in [6, 6.07) is 0. The van der Waals surface area contributed by atoms with Gasteiger partial charge in [-0.3, -0.25) is 9.59 Å². The molecule has 2 N–H and O–H groups in total. The van der Waals surface area contributed by atoms with Crippen molar-refractivity contribution in [2.75, 3.05) is 13.2 Å². The molecule has 0 rings (SSSR count). The second-order valence-electron chi connectivity index (χ2n) is 11.9. The van der Waals surface area contributed by atoms with Crippen LogP contribution in [0.15, 0.2) is 36.5 Å². The minimum atomic E-state index is -0.671. The fourth-order valence-electron chi connectivity index (χ4n) is 4.64. The SMILES string of the molecule is CCCCC/C=C\C/C=C\CCCCCCCC(=O)O.CCCCCCCC/C=C\CCCCCCCC(=O)O.CCOCC. The Bertz CT molecular complexity index is 651. The second kappa shape index (κ2) is 46.5. The molecule has 5 nitrogen and oxygen atoms in total. The molecule has 266 valence electrons. The number of carboxylic acid groups (broad SMARTS) is 2. The van der Waals surface area contributed by atoms with Crippen LogP contribution in [0, 0.1) is 0 Å². The van der Waals surface area contributed by atoms with Gasteiger partial charge in [0.25, 0.3) is 0 Å². The Kier molecular flexibility index (Phi) is 49.1. The lowest BCUT2D eigenvalue weighted by Gasteiger charge is -1.99. The predicted octanol–water partition coefficient (Wildman–Crippen LogP) is 13.0. The van der Waals surface area contributed by atoms with Crippen LogP contribution in [-0.2, 0) is 14.3 Å². The van der Waals surface area contributed by atoms with Crippen LogP contribution in [-0.4, -0.2) is 35.4 Å². The molecule has 0 bridgehead atoms. The summed E-state index contributed by atoms with van der Waals surface area (Å²) in [6.45, 7) is 10.2. The molecule has 0 aliphatic heterocycles. The van der Waals surface area contributed by atoms with Gasteiger partial charge in [-0.15, -0.1) is 0 Å². The first-order valence-corrected chi connectivity index (χ1v) is 18.9. The Morgan fingerprint density at radius 1 is 0.422 bits per heavy atom. The number of unbranched alkanes of at least 4 members (excludes halogenated alkanes) is 19. The van der Waals surface area contributed by atoms with Gasteiger partial charge >= 0.3 is 11.9 Å². The van der Waals surface area contributed by atoms with E-state index in [4.69, 9.17) is 14.9 Å². The highest BCUT2D eigenvalue weighted by Crippen LogP contribution is 2.10. The van der Waals surface area contributed by atoms with Gasteiger partial charge in [-0.25, -0.2) is 0 Å². The fourth-order valence-corrected chi connectivity index (χ4v) is 4.64. The zero-order valence-electron chi connectivity index (χ0n) is 30.4. The largest absolute Gasteiger partial charge is 0.481 e. The first-order chi connectivity index (χ1) is 22.0. The third-order valence-electron chi connectivity index (χ3n) is 7.40. The minimum absolute atomic E-state index is 0.324. The number of aliphatic carboxylic acids is 2. The van der Waals surface area contributed by atoms with Gasteiger partial charge in [-0.2, -0.15) is 0 Å². The fraction of sp³-hybridized carbons (Fsp3) is 0.800. The number of ether oxygens (including phenoxy) is 1. The molecule has 0 atom stereocenters. The van der Waals surface area contributed by atoms with E-state index >= 15 is 0 Å². The number of carbonyl (C=O) groups is 2. The van der Waals surface area contributed by atoms with E-state index in [1.165, 1.54) is 116 Å². The highest BCUT2D eigenvalue weighted by atomic mass is 16.5. The highest BCUT2D eigenvalue weighted by Gasteiger charge is 1.97. The molecule has 0 aromatic carbocycles. The zero-order valence-corrected chi connectivity index (χ0v) is 30.4. The normalized spacial score (nSPS) is 11.1. The molecule has 0 amide bonds. The molecular formula is C40H76O5. The average molecular weight is 637 g/mol. The molecule has 0 radical (unpaired) electrons. The van der Waals surface area contributed by atoms with Gasteiger partial charge in [0, 0.05) is 26.1 Å². The Morgan fingerprint density at radius 2 is 0.711 bits per heavy atom. The van der Waals surface area contributed by atoms with Crippen LogP contribution in [0.5, 0.6) is 0 Å². The van der Waals surface area contributed by atoms with Crippen molar-refractivity contribution >= 4 is 11.9 Å². The smallest absolute Gasteiger partial charge is 0.303 e. The van der Waals surface area contributed by atoms with Crippen LogP contribution in [0.1, 0.15) is 195 Å². The lowest BCUT2D eigenvalue weighted by Crippen LogP contribution is -1.93. The molecule has 0 spiro atoms. The van der Waals surface area contributed by atoms with E-state index in [0.717, 1.165) is 51.7 Å². The van der Waals surface area contributed by atoms with Crippen molar-refractivity contribution in [1.82, 2.24) is 0 Å². The van der Waals surface area contributed by atoms with E-state index in [1.807, 2.05) is 13.8 Å². The zero-order chi connectivity index (χ0) is 33.9. The predicted molar refractivity (Wildman–Crippen MR) is 196 cm³/mol. The summed E-state index contributed by atoms with van der Waals surface area (Å²) >= 11 is 0. The topological polar surface area (TPSA) is 83.8 Å². The molecule has 0 fully saturated rings. The van der Waals surface area contributed by atoms with Crippen molar-refractivity contribution in [2.45, 2.75) is 195 Å². The van der Waals surface area contributed by atoms with Gasteiger partial charge in [0.05, 0.1) is 0 Å². The minimum Gasteiger partial charge on any atom is -0.481 e. The summed E-state index contributed by atoms with van der Waals surface area (Å²) in [4.78, 5) is 20.6. The van der Waals surface area contributed by atoms with E-state index in [1.54, 1.807) is 0 Å². The summed E-state index contributed by atoms with van der Waals surface area (Å²) in [5.74, 6) is -1.33. The van der Waals surface area contributed by atoms with Gasteiger partial charge in [0.1, 0.15) is 0 Å². The summed E-state index contributed by atoms with van der Waals surface area (Å²) < 4.78 is 4.83. The molecule has 0 saturated carbocycles. The van der Waals surface area contributed by atoms with Crippen molar-refractivity contribution in [3.63, 3.8) is 0 Å². The summed E-state index contributed by atoms with van der Waals surface area (Å²) in [5.41, 5.74) is 0. The number of hydrogen-bond acceptors (Lipinski definition) is 3. The van der Waals surface area contributed by atoms with Crippen molar-refractivity contribution in [3.8, 4) is 0 Å². The third kappa shape index (κ3) is 58.2. The molecule has 0 heterocycles. The molecule has 0 aliphatic carbocycles. The number of carboxylic acids is 2. The van der Waals surface area contributed by atoms with E-state index < -0.39 is 11.9 Å². The van der Waals surface area contributed by atoms with Crippen LogP contribution in [0.25, 0.3) is 0 Å². The Morgan fingerprint density at radius 3 is 1.04 bits per heavy atom. The molecule has 45 heavy (non-hydrogen) atoms. The van der Waals surface area contributed by atoms with Crippen LogP contribution in [0.4, 0.5) is 0 Å². The molecule has 5 heteroatoms. The van der Waals surface area contributed by atoms with Crippen molar-refractivity contribution in [2.24, 2.45) is 0 Å². The lowest BCUT2D eigenvalue weighted by molar-refractivity contribution is -0.138. The first kappa shape index (κ1) is 47.5. The number of allylic oxidation sites excluding steroid dienone is 6. The highest BCUT2D eigenvalue weighted by molar-refractivity contribution is 5.66. The number of hydrogen-bond donors (Lipinski definition) is 2. The molecule has 0 unspecified atom stereocenters. The van der Waals surface area contributed by atoms with Gasteiger partial charge < -0.3 is 14.9 Å². The van der Waals surface area contributed by atoms with Gasteiger partial charge in [0.2, 0.25) is 0 Å². The molecular weight excluding hydrogens is 560 g/mol. The monoisotopic (exact) mass is 637 g/mol. The van der Waals surface area contributed by atoms with Crippen molar-refractivity contribution in [3.05, 3.63) is 36.5 Å². The van der Waals surface area contributed by atoms with Crippen LogP contribution in [0.3, 0.4) is 0 Å². The summed E-state index contributed by atoms with van der Waals surface area (Å²) in [7, 11) is 0. The Labute approximate surface area is 280 Å². The molecule has 0 aromatic heterocycles. The van der Waals surface area contributed by atoms with E-state index in [0.29, 0.717) is 12.8 Å². The average Bonchev–Trinajstić information content (AvgIpc) is 3.02. The maximum Gasteiger partial charge on any atom is 0.303 e. The molecule has 0 aliphatic rings. The van der Waals surface area contributed by atoms with Crippen LogP contribution >= 0.6 is 0 Å².